The molecular weight excluding hydrogens is 485 g/mol. The number of carbonyl (C=O) groups is 2. The Kier molecular flexibility index (Phi) is 9.17. The zero-order chi connectivity index (χ0) is 24.9. The quantitative estimate of drug-likeness (QED) is 0.548. The van der Waals surface area contributed by atoms with Crippen LogP contribution in [0, 0.1) is 6.92 Å². The van der Waals surface area contributed by atoms with Gasteiger partial charge in [0.05, 0.1) is 17.0 Å². The third-order valence-corrected chi connectivity index (χ3v) is 6.61. The molecule has 33 heavy (non-hydrogen) atoms. The van der Waals surface area contributed by atoms with Gasteiger partial charge in [-0.3, -0.25) is 13.9 Å². The second-order valence-corrected chi connectivity index (χ2v) is 11.0. The van der Waals surface area contributed by atoms with Gasteiger partial charge in [-0.25, -0.2) is 8.42 Å². The van der Waals surface area contributed by atoms with Crippen molar-refractivity contribution >= 4 is 50.7 Å². The number of sulfonamides is 1. The monoisotopic (exact) mass is 513 g/mol. The highest BCUT2D eigenvalue weighted by Gasteiger charge is 2.31. The number of rotatable bonds is 9. The van der Waals surface area contributed by atoms with Gasteiger partial charge >= 0.3 is 0 Å². The minimum Gasteiger partial charge on any atom is -0.352 e. The molecule has 0 heterocycles. The predicted molar refractivity (Wildman–Crippen MR) is 133 cm³/mol. The van der Waals surface area contributed by atoms with Gasteiger partial charge in [0.1, 0.15) is 12.6 Å². The van der Waals surface area contributed by atoms with Gasteiger partial charge in [-0.2, -0.15) is 0 Å². The van der Waals surface area contributed by atoms with E-state index in [2.05, 4.69) is 5.32 Å². The van der Waals surface area contributed by atoms with Crippen molar-refractivity contribution in [1.82, 2.24) is 10.2 Å². The van der Waals surface area contributed by atoms with Crippen LogP contribution in [0.25, 0.3) is 0 Å². The Hall–Kier alpha value is -2.29. The zero-order valence-corrected chi connectivity index (χ0v) is 21.6. The maximum atomic E-state index is 13.4. The number of hydrogen-bond donors (Lipinski definition) is 1. The van der Waals surface area contributed by atoms with Crippen molar-refractivity contribution in [2.24, 2.45) is 0 Å². The van der Waals surface area contributed by atoms with Crippen LogP contribution in [0.4, 0.5) is 5.69 Å². The molecule has 2 aromatic rings. The molecule has 180 valence electrons. The summed E-state index contributed by atoms with van der Waals surface area (Å²) < 4.78 is 26.0. The molecule has 0 fully saturated rings. The first kappa shape index (κ1) is 27.0. The molecule has 7 nitrogen and oxygen atoms in total. The molecule has 0 aliphatic rings. The van der Waals surface area contributed by atoms with Crippen molar-refractivity contribution in [2.45, 2.75) is 46.3 Å². The maximum absolute atomic E-state index is 13.4. The molecule has 0 saturated carbocycles. The minimum absolute atomic E-state index is 0.0922. The third kappa shape index (κ3) is 7.62. The molecule has 10 heteroatoms. The van der Waals surface area contributed by atoms with E-state index in [0.29, 0.717) is 0 Å². The number of benzene rings is 2. The van der Waals surface area contributed by atoms with Gasteiger partial charge in [-0.15, -0.1) is 0 Å². The molecule has 1 N–H and O–H groups in total. The summed E-state index contributed by atoms with van der Waals surface area (Å²) in [6.45, 7) is 6.80. The SMILES string of the molecule is Cc1ccc(CN(C(=O)CN(c2cc(Cl)ccc2Cl)S(C)(=O)=O)[C@@H](C)C(=O)NC(C)C)cc1. The number of amides is 2. The fourth-order valence-corrected chi connectivity index (χ4v) is 4.44. The van der Waals surface area contributed by atoms with Crippen LogP contribution in [0.1, 0.15) is 31.9 Å². The molecule has 0 saturated heterocycles. The van der Waals surface area contributed by atoms with Gasteiger partial charge in [0.15, 0.2) is 0 Å². The second-order valence-electron chi connectivity index (χ2n) is 8.21. The lowest BCUT2D eigenvalue weighted by Crippen LogP contribution is -2.52. The van der Waals surface area contributed by atoms with E-state index >= 15 is 0 Å². The van der Waals surface area contributed by atoms with Crippen molar-refractivity contribution in [2.75, 3.05) is 17.1 Å². The van der Waals surface area contributed by atoms with Gasteiger partial charge < -0.3 is 10.2 Å². The highest BCUT2D eigenvalue weighted by Crippen LogP contribution is 2.30. The summed E-state index contributed by atoms with van der Waals surface area (Å²) in [6.07, 6.45) is 0.983. The standard InChI is InChI=1S/C23H29Cl2N3O4S/c1-15(2)26-23(30)17(4)27(13-18-8-6-16(3)7-9-18)22(29)14-28(33(5,31)32)21-12-19(24)10-11-20(21)25/h6-12,15,17H,13-14H2,1-5H3,(H,26,30)/t17-/m0/s1. The van der Waals surface area contributed by atoms with Crippen molar-refractivity contribution in [3.05, 3.63) is 63.6 Å². The van der Waals surface area contributed by atoms with Gasteiger partial charge in [0, 0.05) is 17.6 Å². The number of anilines is 1. The normalized spacial score (nSPS) is 12.4. The van der Waals surface area contributed by atoms with Gasteiger partial charge in [-0.05, 0) is 51.5 Å². The Morgan fingerprint density at radius 2 is 1.64 bits per heavy atom. The Bertz CT molecular complexity index is 1110. The number of nitrogens with one attached hydrogen (secondary N) is 1. The topological polar surface area (TPSA) is 86.8 Å². The minimum atomic E-state index is -3.89. The van der Waals surface area contributed by atoms with Crippen LogP contribution in [0.5, 0.6) is 0 Å². The number of carbonyl (C=O) groups excluding carboxylic acids is 2. The number of nitrogens with zero attached hydrogens (tertiary/aromatic N) is 2. The van der Waals surface area contributed by atoms with Crippen LogP contribution in [0.15, 0.2) is 42.5 Å². The van der Waals surface area contributed by atoms with Crippen LogP contribution >= 0.6 is 23.2 Å². The van der Waals surface area contributed by atoms with Gasteiger partial charge in [-0.1, -0.05) is 53.0 Å². The molecular formula is C23H29Cl2N3O4S. The van der Waals surface area contributed by atoms with Crippen LogP contribution in [-0.2, 0) is 26.2 Å². The van der Waals surface area contributed by atoms with Crippen molar-refractivity contribution in [1.29, 1.82) is 0 Å². The van der Waals surface area contributed by atoms with E-state index in [0.717, 1.165) is 21.7 Å². The highest BCUT2D eigenvalue weighted by atomic mass is 35.5. The summed E-state index contributed by atoms with van der Waals surface area (Å²) in [6, 6.07) is 11.0. The van der Waals surface area contributed by atoms with Crippen LogP contribution in [0.3, 0.4) is 0 Å². The predicted octanol–water partition coefficient (Wildman–Crippen LogP) is 4.01. The Morgan fingerprint density at radius 1 is 1.03 bits per heavy atom. The van der Waals surface area contributed by atoms with Gasteiger partial charge in [0.25, 0.3) is 0 Å². The average Bonchev–Trinajstić information content (AvgIpc) is 2.71. The largest absolute Gasteiger partial charge is 0.352 e. The maximum Gasteiger partial charge on any atom is 0.244 e. The van der Waals surface area contributed by atoms with E-state index in [1.165, 1.54) is 23.1 Å². The summed E-state index contributed by atoms with van der Waals surface area (Å²) in [5.74, 6) is -0.888. The summed E-state index contributed by atoms with van der Waals surface area (Å²) in [5, 5.41) is 3.21. The first-order chi connectivity index (χ1) is 15.3. The van der Waals surface area contributed by atoms with E-state index < -0.39 is 28.5 Å². The zero-order valence-electron chi connectivity index (χ0n) is 19.3. The lowest BCUT2D eigenvalue weighted by Gasteiger charge is -2.32. The number of halogens is 2. The van der Waals surface area contributed by atoms with E-state index in [1.54, 1.807) is 6.92 Å². The summed E-state index contributed by atoms with van der Waals surface area (Å²) in [4.78, 5) is 27.5. The molecule has 0 bridgehead atoms. The summed E-state index contributed by atoms with van der Waals surface area (Å²) in [5.41, 5.74) is 1.96. The number of hydrogen-bond acceptors (Lipinski definition) is 4. The molecule has 0 radical (unpaired) electrons. The first-order valence-corrected chi connectivity index (χ1v) is 13.0. The molecule has 0 unspecified atom stereocenters. The molecule has 0 aliphatic heterocycles. The molecule has 0 aliphatic carbocycles. The Balaban J connectivity index is 2.42. The fourth-order valence-electron chi connectivity index (χ4n) is 3.15. The molecule has 0 spiro atoms. The molecule has 2 aromatic carbocycles. The van der Waals surface area contributed by atoms with E-state index in [4.69, 9.17) is 23.2 Å². The Morgan fingerprint density at radius 3 is 2.18 bits per heavy atom. The average molecular weight is 514 g/mol. The van der Waals surface area contributed by atoms with E-state index in [-0.39, 0.29) is 34.2 Å². The lowest BCUT2D eigenvalue weighted by atomic mass is 10.1. The highest BCUT2D eigenvalue weighted by molar-refractivity contribution is 7.92. The number of aryl methyl sites for hydroxylation is 1. The van der Waals surface area contributed by atoms with E-state index in [1.807, 2.05) is 45.0 Å². The van der Waals surface area contributed by atoms with Crippen molar-refractivity contribution in [3.63, 3.8) is 0 Å². The third-order valence-electron chi connectivity index (χ3n) is 4.93. The van der Waals surface area contributed by atoms with E-state index in [9.17, 15) is 18.0 Å². The van der Waals surface area contributed by atoms with Crippen LogP contribution < -0.4 is 9.62 Å². The summed E-state index contributed by atoms with van der Waals surface area (Å²) in [7, 11) is -3.89. The molecule has 0 aromatic heterocycles. The van der Waals surface area contributed by atoms with Crippen molar-refractivity contribution in [3.8, 4) is 0 Å². The molecule has 2 rings (SSSR count). The van der Waals surface area contributed by atoms with Crippen molar-refractivity contribution < 1.29 is 18.0 Å². The van der Waals surface area contributed by atoms with Crippen LogP contribution in [-0.4, -0.2) is 50.0 Å². The lowest BCUT2D eigenvalue weighted by molar-refractivity contribution is -0.139. The smallest absolute Gasteiger partial charge is 0.244 e. The molecule has 2 amide bonds. The molecule has 1 atom stereocenters. The first-order valence-electron chi connectivity index (χ1n) is 10.4. The summed E-state index contributed by atoms with van der Waals surface area (Å²) >= 11 is 12.3. The fraction of sp³-hybridized carbons (Fsp3) is 0.391. The van der Waals surface area contributed by atoms with Crippen LogP contribution in [0.2, 0.25) is 10.0 Å². The van der Waals surface area contributed by atoms with Gasteiger partial charge in [0.2, 0.25) is 21.8 Å². The Labute approximate surface area is 205 Å². The second kappa shape index (κ2) is 11.2.